The van der Waals surface area contributed by atoms with Gasteiger partial charge < -0.3 is 9.52 Å². The average molecular weight is 282 g/mol. The van der Waals surface area contributed by atoms with Gasteiger partial charge >= 0.3 is 0 Å². The molecule has 0 amide bonds. The first kappa shape index (κ1) is 12.1. The zero-order chi connectivity index (χ0) is 13.5. The van der Waals surface area contributed by atoms with Gasteiger partial charge in [-0.1, -0.05) is 36.4 Å². The second kappa shape index (κ2) is 4.69. The van der Waals surface area contributed by atoms with Crippen LogP contribution in [0.15, 0.2) is 63.9 Å². The van der Waals surface area contributed by atoms with Gasteiger partial charge in [-0.2, -0.15) is 0 Å². The van der Waals surface area contributed by atoms with Gasteiger partial charge in [0.15, 0.2) is 0 Å². The molecule has 0 spiro atoms. The van der Waals surface area contributed by atoms with Crippen molar-refractivity contribution in [2.24, 2.45) is 0 Å². The average Bonchev–Trinajstić information content (AvgIpc) is 3.10. The standard InChI is InChI=1S/C17H14O2S/c18-17(14-9-11-5-1-3-7-13(11)19-14)16-10-12-6-2-4-8-15(12)20-16/h1-9,16-18H,10H2. The highest BCUT2D eigenvalue weighted by molar-refractivity contribution is 8.00. The number of hydrogen-bond acceptors (Lipinski definition) is 3. The van der Waals surface area contributed by atoms with E-state index in [1.807, 2.05) is 36.4 Å². The minimum absolute atomic E-state index is 0.132. The highest BCUT2D eigenvalue weighted by Gasteiger charge is 2.31. The fourth-order valence-electron chi connectivity index (χ4n) is 2.72. The molecular weight excluding hydrogens is 268 g/mol. The molecule has 0 bridgehead atoms. The molecule has 0 saturated carbocycles. The van der Waals surface area contributed by atoms with E-state index >= 15 is 0 Å². The lowest BCUT2D eigenvalue weighted by Crippen LogP contribution is -2.13. The molecule has 100 valence electrons. The van der Waals surface area contributed by atoms with E-state index in [1.165, 1.54) is 10.5 Å². The second-order valence-corrected chi connectivity index (χ2v) is 6.38. The number of rotatable bonds is 2. The molecule has 0 radical (unpaired) electrons. The Morgan fingerprint density at radius 2 is 1.90 bits per heavy atom. The van der Waals surface area contributed by atoms with Crippen molar-refractivity contribution in [1.29, 1.82) is 0 Å². The first-order valence-corrected chi connectivity index (χ1v) is 7.60. The monoisotopic (exact) mass is 282 g/mol. The van der Waals surface area contributed by atoms with Gasteiger partial charge in [-0.25, -0.2) is 0 Å². The molecule has 2 heterocycles. The first-order chi connectivity index (χ1) is 9.81. The summed E-state index contributed by atoms with van der Waals surface area (Å²) in [6.07, 6.45) is 0.318. The Balaban J connectivity index is 1.63. The Kier molecular flexibility index (Phi) is 2.83. The van der Waals surface area contributed by atoms with Gasteiger partial charge in [0.25, 0.3) is 0 Å². The van der Waals surface area contributed by atoms with Gasteiger partial charge in [0.05, 0.1) is 0 Å². The van der Waals surface area contributed by atoms with E-state index in [0.717, 1.165) is 17.4 Å². The molecule has 0 aliphatic carbocycles. The normalized spacial score (nSPS) is 19.1. The molecule has 4 rings (SSSR count). The summed E-state index contributed by atoms with van der Waals surface area (Å²) < 4.78 is 5.78. The molecule has 2 unspecified atom stereocenters. The van der Waals surface area contributed by atoms with Crippen LogP contribution in [0.2, 0.25) is 0 Å². The number of aliphatic hydroxyl groups is 1. The maximum Gasteiger partial charge on any atom is 0.134 e. The van der Waals surface area contributed by atoms with E-state index in [0.29, 0.717) is 5.76 Å². The molecule has 0 fully saturated rings. The van der Waals surface area contributed by atoms with Crippen LogP contribution in [0, 0.1) is 0 Å². The molecule has 1 aliphatic heterocycles. The Hall–Kier alpha value is -1.71. The van der Waals surface area contributed by atoms with Crippen LogP contribution in [-0.2, 0) is 6.42 Å². The number of fused-ring (bicyclic) bond motifs is 2. The van der Waals surface area contributed by atoms with E-state index in [1.54, 1.807) is 11.8 Å². The van der Waals surface area contributed by atoms with Gasteiger partial charge in [-0.05, 0) is 30.2 Å². The zero-order valence-electron chi connectivity index (χ0n) is 10.8. The van der Waals surface area contributed by atoms with Gasteiger partial charge in [0, 0.05) is 15.5 Å². The van der Waals surface area contributed by atoms with Gasteiger partial charge in [-0.15, -0.1) is 11.8 Å². The van der Waals surface area contributed by atoms with Crippen molar-refractivity contribution in [2.45, 2.75) is 22.7 Å². The van der Waals surface area contributed by atoms with Crippen LogP contribution in [0.25, 0.3) is 11.0 Å². The third-order valence-corrected chi connectivity index (χ3v) is 5.14. The molecule has 3 aromatic rings. The minimum Gasteiger partial charge on any atom is -0.458 e. The fraction of sp³-hybridized carbons (Fsp3) is 0.176. The van der Waals surface area contributed by atoms with Crippen molar-refractivity contribution in [2.75, 3.05) is 0 Å². The van der Waals surface area contributed by atoms with Crippen LogP contribution in [0.4, 0.5) is 0 Å². The quantitative estimate of drug-likeness (QED) is 0.765. The van der Waals surface area contributed by atoms with Gasteiger partial charge in [-0.3, -0.25) is 0 Å². The fourth-order valence-corrected chi connectivity index (χ4v) is 4.03. The smallest absolute Gasteiger partial charge is 0.134 e. The highest BCUT2D eigenvalue weighted by Crippen LogP contribution is 2.43. The van der Waals surface area contributed by atoms with E-state index in [2.05, 4.69) is 18.2 Å². The number of furan rings is 1. The number of para-hydroxylation sites is 1. The molecule has 1 aromatic heterocycles. The van der Waals surface area contributed by atoms with Crippen LogP contribution < -0.4 is 0 Å². The molecule has 20 heavy (non-hydrogen) atoms. The van der Waals surface area contributed by atoms with Crippen LogP contribution in [0.3, 0.4) is 0 Å². The van der Waals surface area contributed by atoms with E-state index in [9.17, 15) is 5.11 Å². The van der Waals surface area contributed by atoms with E-state index in [-0.39, 0.29) is 5.25 Å². The van der Waals surface area contributed by atoms with Crippen LogP contribution in [0.1, 0.15) is 17.4 Å². The molecule has 2 atom stereocenters. The summed E-state index contributed by atoms with van der Waals surface area (Å²) in [4.78, 5) is 1.27. The van der Waals surface area contributed by atoms with Crippen molar-refractivity contribution in [3.63, 3.8) is 0 Å². The Morgan fingerprint density at radius 1 is 1.10 bits per heavy atom. The zero-order valence-corrected chi connectivity index (χ0v) is 11.6. The second-order valence-electron chi connectivity index (χ2n) is 5.10. The highest BCUT2D eigenvalue weighted by atomic mass is 32.2. The van der Waals surface area contributed by atoms with Crippen molar-refractivity contribution in [3.8, 4) is 0 Å². The Bertz CT molecular complexity index is 704. The third-order valence-electron chi connectivity index (χ3n) is 3.76. The summed E-state index contributed by atoms with van der Waals surface area (Å²) >= 11 is 1.74. The maximum atomic E-state index is 10.6. The number of benzene rings is 2. The van der Waals surface area contributed by atoms with Crippen molar-refractivity contribution < 1.29 is 9.52 Å². The summed E-state index contributed by atoms with van der Waals surface area (Å²) in [5.74, 6) is 0.663. The van der Waals surface area contributed by atoms with Crippen LogP contribution in [-0.4, -0.2) is 10.4 Å². The Morgan fingerprint density at radius 3 is 2.75 bits per heavy atom. The summed E-state index contributed by atoms with van der Waals surface area (Å²) in [6.45, 7) is 0. The lowest BCUT2D eigenvalue weighted by molar-refractivity contribution is 0.150. The minimum atomic E-state index is -0.570. The Labute approximate surface area is 121 Å². The van der Waals surface area contributed by atoms with Crippen LogP contribution >= 0.6 is 11.8 Å². The van der Waals surface area contributed by atoms with Crippen LogP contribution in [0.5, 0.6) is 0 Å². The summed E-state index contributed by atoms with van der Waals surface area (Å²) in [5.41, 5.74) is 2.15. The third kappa shape index (κ3) is 1.94. The lowest BCUT2D eigenvalue weighted by Gasteiger charge is -2.14. The predicted molar refractivity (Wildman–Crippen MR) is 81.0 cm³/mol. The van der Waals surface area contributed by atoms with Crippen molar-refractivity contribution in [1.82, 2.24) is 0 Å². The number of hydrogen-bond donors (Lipinski definition) is 1. The molecular formula is C17H14O2S. The molecule has 0 saturated heterocycles. The largest absolute Gasteiger partial charge is 0.458 e. The number of thioether (sulfide) groups is 1. The summed E-state index contributed by atoms with van der Waals surface area (Å²) in [5, 5.41) is 11.8. The van der Waals surface area contributed by atoms with Gasteiger partial charge in [0.1, 0.15) is 17.4 Å². The topological polar surface area (TPSA) is 33.4 Å². The van der Waals surface area contributed by atoms with Crippen molar-refractivity contribution in [3.05, 3.63) is 65.9 Å². The molecule has 1 N–H and O–H groups in total. The summed E-state index contributed by atoms with van der Waals surface area (Å²) in [6, 6.07) is 18.2. The molecule has 2 aromatic carbocycles. The summed E-state index contributed by atoms with van der Waals surface area (Å²) in [7, 11) is 0. The lowest BCUT2D eigenvalue weighted by atomic mass is 10.1. The molecule has 2 nitrogen and oxygen atoms in total. The first-order valence-electron chi connectivity index (χ1n) is 6.72. The SMILES string of the molecule is OC(c1cc2ccccc2o1)C1Cc2ccccc2S1. The van der Waals surface area contributed by atoms with Gasteiger partial charge in [0.2, 0.25) is 0 Å². The molecule has 1 aliphatic rings. The van der Waals surface area contributed by atoms with E-state index < -0.39 is 6.10 Å². The van der Waals surface area contributed by atoms with E-state index in [4.69, 9.17) is 4.42 Å². The number of aliphatic hydroxyl groups excluding tert-OH is 1. The molecule has 3 heteroatoms. The van der Waals surface area contributed by atoms with Crippen molar-refractivity contribution >= 4 is 22.7 Å². The maximum absolute atomic E-state index is 10.6. The predicted octanol–water partition coefficient (Wildman–Crippen LogP) is 4.18.